The highest BCUT2D eigenvalue weighted by Crippen LogP contribution is 2.32. The highest BCUT2D eigenvalue weighted by atomic mass is 16.5. The molecule has 6 heteroatoms. The lowest BCUT2D eigenvalue weighted by atomic mass is 9.86. The average molecular weight is 322 g/mol. The molecule has 1 aliphatic carbocycles. The van der Waals surface area contributed by atoms with Gasteiger partial charge in [-0.25, -0.2) is 0 Å². The van der Waals surface area contributed by atoms with Crippen molar-refractivity contribution in [3.8, 4) is 11.8 Å². The van der Waals surface area contributed by atoms with Crippen LogP contribution >= 0.6 is 0 Å². The summed E-state index contributed by atoms with van der Waals surface area (Å²) in [5.41, 5.74) is 2.77. The molecular formula is C18H18N4O2. The summed E-state index contributed by atoms with van der Waals surface area (Å²) in [4.78, 5) is 14.6. The van der Waals surface area contributed by atoms with Gasteiger partial charge in [0.2, 0.25) is 5.91 Å². The second kappa shape index (κ2) is 6.00. The van der Waals surface area contributed by atoms with Crippen LogP contribution in [0.3, 0.4) is 0 Å². The first-order chi connectivity index (χ1) is 11.7. The van der Waals surface area contributed by atoms with E-state index in [0.29, 0.717) is 18.7 Å². The predicted octanol–water partition coefficient (Wildman–Crippen LogP) is 1.99. The summed E-state index contributed by atoms with van der Waals surface area (Å²) < 4.78 is 5.85. The van der Waals surface area contributed by atoms with Crippen LogP contribution in [-0.4, -0.2) is 40.2 Å². The summed E-state index contributed by atoms with van der Waals surface area (Å²) in [6, 6.07) is 9.14. The Kier molecular flexibility index (Phi) is 3.69. The van der Waals surface area contributed by atoms with E-state index in [4.69, 9.17) is 10.00 Å². The predicted molar refractivity (Wildman–Crippen MR) is 86.4 cm³/mol. The quantitative estimate of drug-likeness (QED) is 0.937. The van der Waals surface area contributed by atoms with Crippen molar-refractivity contribution in [2.24, 2.45) is 0 Å². The van der Waals surface area contributed by atoms with E-state index >= 15 is 0 Å². The molecule has 2 aliphatic rings. The molecule has 6 nitrogen and oxygen atoms in total. The van der Waals surface area contributed by atoms with Gasteiger partial charge in [0.25, 0.3) is 0 Å². The van der Waals surface area contributed by atoms with Crippen molar-refractivity contribution in [3.05, 3.63) is 47.3 Å². The fourth-order valence-electron chi connectivity index (χ4n) is 3.42. The summed E-state index contributed by atoms with van der Waals surface area (Å²) >= 11 is 0. The van der Waals surface area contributed by atoms with E-state index in [0.717, 1.165) is 30.7 Å². The molecule has 2 heterocycles. The van der Waals surface area contributed by atoms with Crippen molar-refractivity contribution < 1.29 is 9.53 Å². The Morgan fingerprint density at radius 3 is 2.88 bits per heavy atom. The normalized spacial score (nSPS) is 20.0. The van der Waals surface area contributed by atoms with E-state index < -0.39 is 0 Å². The molecule has 0 unspecified atom stereocenters. The maximum atomic E-state index is 12.7. The van der Waals surface area contributed by atoms with Gasteiger partial charge in [0, 0.05) is 0 Å². The zero-order chi connectivity index (χ0) is 16.5. The second-order valence-electron chi connectivity index (χ2n) is 6.37. The average Bonchev–Trinajstić information content (AvgIpc) is 3.06. The molecule has 0 spiro atoms. The first-order valence-corrected chi connectivity index (χ1v) is 8.22. The minimum absolute atomic E-state index is 0.0201. The molecule has 1 atom stereocenters. The number of carbonyl (C=O) groups excluding carboxylic acids is 1. The molecule has 0 radical (unpaired) electrons. The third-order valence-corrected chi connectivity index (χ3v) is 4.78. The Morgan fingerprint density at radius 1 is 1.33 bits per heavy atom. The largest absolute Gasteiger partial charge is 0.487 e. The SMILES string of the molecule is N#Cc1ccc(OC2CN(C(=O)[C@H]3CCCc4cn[nH]c43)C2)cc1. The molecule has 2 aromatic rings. The van der Waals surface area contributed by atoms with Crippen LogP contribution < -0.4 is 4.74 Å². The fourth-order valence-corrected chi connectivity index (χ4v) is 3.42. The maximum Gasteiger partial charge on any atom is 0.231 e. The minimum atomic E-state index is -0.0906. The number of rotatable bonds is 3. The molecular weight excluding hydrogens is 304 g/mol. The third kappa shape index (κ3) is 2.62. The zero-order valence-corrected chi connectivity index (χ0v) is 13.2. The van der Waals surface area contributed by atoms with Crippen LogP contribution in [0, 0.1) is 11.3 Å². The van der Waals surface area contributed by atoms with Crippen LogP contribution in [0.1, 0.15) is 35.6 Å². The molecule has 4 rings (SSSR count). The molecule has 1 aromatic heterocycles. The molecule has 1 N–H and O–H groups in total. The molecule has 122 valence electrons. The Balaban J connectivity index is 1.34. The number of hydrogen-bond acceptors (Lipinski definition) is 4. The van der Waals surface area contributed by atoms with Crippen molar-refractivity contribution in [3.63, 3.8) is 0 Å². The monoisotopic (exact) mass is 322 g/mol. The number of nitrogens with zero attached hydrogens (tertiary/aromatic N) is 3. The van der Waals surface area contributed by atoms with Gasteiger partial charge in [0.05, 0.1) is 42.5 Å². The van der Waals surface area contributed by atoms with Crippen LogP contribution in [0.2, 0.25) is 0 Å². The molecule has 1 aromatic carbocycles. The van der Waals surface area contributed by atoms with E-state index in [9.17, 15) is 4.79 Å². The molecule has 1 saturated heterocycles. The summed E-state index contributed by atoms with van der Waals surface area (Å²) in [6.45, 7) is 1.22. The number of fused-ring (bicyclic) bond motifs is 1. The van der Waals surface area contributed by atoms with E-state index in [1.807, 2.05) is 11.1 Å². The number of carbonyl (C=O) groups is 1. The minimum Gasteiger partial charge on any atom is -0.487 e. The lowest BCUT2D eigenvalue weighted by Gasteiger charge is -2.41. The number of H-pyrrole nitrogens is 1. The van der Waals surface area contributed by atoms with Crippen LogP contribution in [0.4, 0.5) is 0 Å². The number of nitriles is 1. The number of benzene rings is 1. The van der Waals surface area contributed by atoms with Crippen LogP contribution in [0.25, 0.3) is 0 Å². The van der Waals surface area contributed by atoms with Gasteiger partial charge in [-0.15, -0.1) is 0 Å². The van der Waals surface area contributed by atoms with Gasteiger partial charge in [0.15, 0.2) is 0 Å². The van der Waals surface area contributed by atoms with Gasteiger partial charge in [-0.2, -0.15) is 10.4 Å². The van der Waals surface area contributed by atoms with E-state index in [-0.39, 0.29) is 17.9 Å². The van der Waals surface area contributed by atoms with Gasteiger partial charge < -0.3 is 9.64 Å². The molecule has 0 bridgehead atoms. The smallest absolute Gasteiger partial charge is 0.231 e. The third-order valence-electron chi connectivity index (χ3n) is 4.78. The number of aryl methyl sites for hydroxylation is 1. The van der Waals surface area contributed by atoms with Crippen molar-refractivity contribution in [2.75, 3.05) is 13.1 Å². The summed E-state index contributed by atoms with van der Waals surface area (Å²) in [5, 5.41) is 15.9. The van der Waals surface area contributed by atoms with Crippen molar-refractivity contribution in [1.82, 2.24) is 15.1 Å². The highest BCUT2D eigenvalue weighted by Gasteiger charge is 2.38. The molecule has 1 fully saturated rings. The number of hydrogen-bond donors (Lipinski definition) is 1. The van der Waals surface area contributed by atoms with Crippen LogP contribution in [-0.2, 0) is 11.2 Å². The number of likely N-dealkylation sites (tertiary alicyclic amines) is 1. The van der Waals surface area contributed by atoms with E-state index in [2.05, 4.69) is 16.3 Å². The fraction of sp³-hybridized carbons (Fsp3) is 0.389. The van der Waals surface area contributed by atoms with Crippen molar-refractivity contribution in [2.45, 2.75) is 31.3 Å². The lowest BCUT2D eigenvalue weighted by Crippen LogP contribution is -2.57. The lowest BCUT2D eigenvalue weighted by molar-refractivity contribution is -0.142. The summed E-state index contributed by atoms with van der Waals surface area (Å²) in [6.07, 6.45) is 4.77. The van der Waals surface area contributed by atoms with Gasteiger partial charge in [-0.05, 0) is 49.1 Å². The van der Waals surface area contributed by atoms with Gasteiger partial charge in [0.1, 0.15) is 11.9 Å². The van der Waals surface area contributed by atoms with E-state index in [1.54, 1.807) is 24.3 Å². The molecule has 1 aliphatic heterocycles. The first-order valence-electron chi connectivity index (χ1n) is 8.22. The molecule has 24 heavy (non-hydrogen) atoms. The number of amides is 1. The number of nitrogens with one attached hydrogen (secondary N) is 1. The summed E-state index contributed by atoms with van der Waals surface area (Å²) in [5.74, 6) is 0.812. The van der Waals surface area contributed by atoms with Crippen molar-refractivity contribution >= 4 is 5.91 Å². The van der Waals surface area contributed by atoms with Crippen molar-refractivity contribution in [1.29, 1.82) is 5.26 Å². The second-order valence-corrected chi connectivity index (χ2v) is 6.37. The zero-order valence-electron chi connectivity index (χ0n) is 13.2. The molecule has 1 amide bonds. The molecule has 0 saturated carbocycles. The standard InChI is InChI=1S/C18H18N4O2/c19-8-12-4-6-14(7-5-12)24-15-10-22(11-15)18(23)16-3-1-2-13-9-20-21-17(13)16/h4-7,9,15-16H,1-3,10-11H2,(H,20,21)/t16-/m0/s1. The van der Waals surface area contributed by atoms with Gasteiger partial charge >= 0.3 is 0 Å². The number of aromatic amines is 1. The Labute approximate surface area is 140 Å². The Morgan fingerprint density at radius 2 is 2.12 bits per heavy atom. The number of ether oxygens (including phenoxy) is 1. The topological polar surface area (TPSA) is 82.0 Å². The highest BCUT2D eigenvalue weighted by molar-refractivity contribution is 5.84. The summed E-state index contributed by atoms with van der Waals surface area (Å²) in [7, 11) is 0. The van der Waals surface area contributed by atoms with Crippen LogP contribution in [0.15, 0.2) is 30.5 Å². The first kappa shape index (κ1) is 14.8. The Hall–Kier alpha value is -2.81. The van der Waals surface area contributed by atoms with E-state index in [1.165, 1.54) is 5.56 Å². The van der Waals surface area contributed by atoms with Gasteiger partial charge in [-0.3, -0.25) is 9.89 Å². The van der Waals surface area contributed by atoms with Gasteiger partial charge in [-0.1, -0.05) is 0 Å². The van der Waals surface area contributed by atoms with Crippen LogP contribution in [0.5, 0.6) is 5.75 Å². The number of aromatic nitrogens is 2. The Bertz CT molecular complexity index is 784. The maximum absolute atomic E-state index is 12.7.